The van der Waals surface area contributed by atoms with Crippen molar-refractivity contribution >= 4 is 23.3 Å². The van der Waals surface area contributed by atoms with Crippen LogP contribution in [0, 0.1) is 10.1 Å². The molecule has 8 nitrogen and oxygen atoms in total. The number of non-ortho nitro benzene ring substituents is 1. The standard InChI is InChI=1S/C31H27N3O5/c35-30(32-19-21-7-14-27(15-8-21)34(38)39)25-13-16-29-24(18-25)5-3-17-33(29)20-26-4-1-2-6-28(26)22-9-11-23(12-10-22)31(36)37/h1-2,4,6-16,18H,3,5,17,19-20H2,(H,32,35)(H,36,37). The number of carbonyl (C=O) groups excluding carboxylic acids is 1. The summed E-state index contributed by atoms with van der Waals surface area (Å²) in [6.45, 7) is 1.87. The normalized spacial score (nSPS) is 12.5. The zero-order valence-corrected chi connectivity index (χ0v) is 21.2. The van der Waals surface area contributed by atoms with Crippen LogP contribution in [0.5, 0.6) is 0 Å². The van der Waals surface area contributed by atoms with Gasteiger partial charge < -0.3 is 15.3 Å². The average Bonchev–Trinajstić information content (AvgIpc) is 2.96. The molecular formula is C31H27N3O5. The number of hydrogen-bond acceptors (Lipinski definition) is 5. The Bertz CT molecular complexity index is 1530. The number of anilines is 1. The van der Waals surface area contributed by atoms with Crippen molar-refractivity contribution in [3.05, 3.63) is 129 Å². The molecule has 4 aromatic rings. The van der Waals surface area contributed by atoms with Gasteiger partial charge in [-0.15, -0.1) is 0 Å². The number of amides is 1. The smallest absolute Gasteiger partial charge is 0.335 e. The number of hydrogen-bond donors (Lipinski definition) is 2. The highest BCUT2D eigenvalue weighted by atomic mass is 16.6. The summed E-state index contributed by atoms with van der Waals surface area (Å²) < 4.78 is 0. The number of carboxylic acid groups (broad SMARTS) is 1. The SMILES string of the molecule is O=C(O)c1ccc(-c2ccccc2CN2CCCc3cc(C(=O)NCc4ccc([N+](=O)[O-])cc4)ccc32)cc1. The van der Waals surface area contributed by atoms with Gasteiger partial charge in [-0.3, -0.25) is 14.9 Å². The van der Waals surface area contributed by atoms with Crippen LogP contribution in [0.1, 0.15) is 43.8 Å². The highest BCUT2D eigenvalue weighted by Crippen LogP contribution is 2.32. The molecule has 0 saturated carbocycles. The fourth-order valence-electron chi connectivity index (χ4n) is 4.94. The number of aryl methyl sites for hydroxylation is 1. The summed E-state index contributed by atoms with van der Waals surface area (Å²) in [5.74, 6) is -1.14. The first-order chi connectivity index (χ1) is 18.9. The second kappa shape index (κ2) is 11.2. The van der Waals surface area contributed by atoms with E-state index in [2.05, 4.69) is 16.3 Å². The van der Waals surface area contributed by atoms with Crippen LogP contribution in [-0.4, -0.2) is 28.5 Å². The second-order valence-electron chi connectivity index (χ2n) is 9.51. The molecule has 1 heterocycles. The Hall–Kier alpha value is -4.98. The van der Waals surface area contributed by atoms with Crippen LogP contribution in [-0.2, 0) is 19.5 Å². The van der Waals surface area contributed by atoms with Gasteiger partial charge in [0, 0.05) is 43.0 Å². The van der Waals surface area contributed by atoms with E-state index in [4.69, 9.17) is 0 Å². The van der Waals surface area contributed by atoms with E-state index in [1.54, 1.807) is 24.3 Å². The summed E-state index contributed by atoms with van der Waals surface area (Å²) in [7, 11) is 0. The van der Waals surface area contributed by atoms with E-state index in [9.17, 15) is 24.8 Å². The quantitative estimate of drug-likeness (QED) is 0.222. The van der Waals surface area contributed by atoms with E-state index in [1.165, 1.54) is 12.1 Å². The molecule has 0 spiro atoms. The Balaban J connectivity index is 1.30. The Morgan fingerprint density at radius 1 is 0.923 bits per heavy atom. The van der Waals surface area contributed by atoms with E-state index >= 15 is 0 Å². The number of carbonyl (C=O) groups is 2. The largest absolute Gasteiger partial charge is 0.478 e. The van der Waals surface area contributed by atoms with Crippen molar-refractivity contribution in [2.75, 3.05) is 11.4 Å². The molecule has 0 bridgehead atoms. The van der Waals surface area contributed by atoms with Crippen molar-refractivity contribution in [3.8, 4) is 11.1 Å². The molecule has 5 rings (SSSR count). The van der Waals surface area contributed by atoms with Crippen LogP contribution in [0.3, 0.4) is 0 Å². The van der Waals surface area contributed by atoms with Crippen molar-refractivity contribution in [2.45, 2.75) is 25.9 Å². The fraction of sp³-hybridized carbons (Fsp3) is 0.161. The monoisotopic (exact) mass is 521 g/mol. The Kier molecular flexibility index (Phi) is 7.36. The predicted molar refractivity (Wildman–Crippen MR) is 149 cm³/mol. The summed E-state index contributed by atoms with van der Waals surface area (Å²) in [6, 6.07) is 27.0. The molecule has 0 radical (unpaired) electrons. The highest BCUT2D eigenvalue weighted by Gasteiger charge is 2.20. The zero-order valence-electron chi connectivity index (χ0n) is 21.2. The first-order valence-electron chi connectivity index (χ1n) is 12.7. The van der Waals surface area contributed by atoms with Gasteiger partial charge in [-0.2, -0.15) is 0 Å². The predicted octanol–water partition coefficient (Wildman–Crippen LogP) is 5.84. The van der Waals surface area contributed by atoms with E-state index in [-0.39, 0.29) is 23.7 Å². The van der Waals surface area contributed by atoms with Gasteiger partial charge in [-0.1, -0.05) is 48.5 Å². The lowest BCUT2D eigenvalue weighted by Gasteiger charge is -2.32. The Morgan fingerprint density at radius 3 is 2.36 bits per heavy atom. The molecule has 4 aromatic carbocycles. The minimum Gasteiger partial charge on any atom is -0.478 e. The lowest BCUT2D eigenvalue weighted by molar-refractivity contribution is -0.384. The fourth-order valence-corrected chi connectivity index (χ4v) is 4.94. The summed E-state index contributed by atoms with van der Waals surface area (Å²) in [5.41, 5.74) is 7.02. The van der Waals surface area contributed by atoms with Gasteiger partial charge >= 0.3 is 5.97 Å². The van der Waals surface area contributed by atoms with Gasteiger partial charge in [-0.05, 0) is 71.0 Å². The van der Waals surface area contributed by atoms with Crippen LogP contribution >= 0.6 is 0 Å². The first-order valence-corrected chi connectivity index (χ1v) is 12.7. The third-order valence-electron chi connectivity index (χ3n) is 6.98. The number of rotatable bonds is 8. The van der Waals surface area contributed by atoms with Gasteiger partial charge in [0.05, 0.1) is 10.5 Å². The summed E-state index contributed by atoms with van der Waals surface area (Å²) in [6.07, 6.45) is 1.85. The summed E-state index contributed by atoms with van der Waals surface area (Å²) in [5, 5.41) is 23.0. The van der Waals surface area contributed by atoms with Crippen LogP contribution in [0.15, 0.2) is 91.0 Å². The lowest BCUT2D eigenvalue weighted by atomic mass is 9.95. The molecule has 1 amide bonds. The summed E-state index contributed by atoms with van der Waals surface area (Å²) in [4.78, 5) is 36.8. The van der Waals surface area contributed by atoms with E-state index in [0.29, 0.717) is 12.1 Å². The number of nitro benzene ring substituents is 1. The van der Waals surface area contributed by atoms with Crippen LogP contribution in [0.25, 0.3) is 11.1 Å². The van der Waals surface area contributed by atoms with Crippen LogP contribution in [0.4, 0.5) is 11.4 Å². The number of fused-ring (bicyclic) bond motifs is 1. The van der Waals surface area contributed by atoms with Gasteiger partial charge in [0.15, 0.2) is 0 Å². The molecule has 0 aromatic heterocycles. The topological polar surface area (TPSA) is 113 Å². The molecule has 0 unspecified atom stereocenters. The maximum absolute atomic E-state index is 12.8. The molecule has 196 valence electrons. The first kappa shape index (κ1) is 25.7. The maximum Gasteiger partial charge on any atom is 0.335 e. The van der Waals surface area contributed by atoms with Crippen molar-refractivity contribution in [3.63, 3.8) is 0 Å². The number of nitro groups is 1. The van der Waals surface area contributed by atoms with Crippen molar-refractivity contribution in [1.82, 2.24) is 5.32 Å². The van der Waals surface area contributed by atoms with Crippen molar-refractivity contribution in [1.29, 1.82) is 0 Å². The molecule has 1 aliphatic heterocycles. The van der Waals surface area contributed by atoms with E-state index in [1.807, 2.05) is 48.5 Å². The van der Waals surface area contributed by atoms with E-state index in [0.717, 1.165) is 52.9 Å². The minimum absolute atomic E-state index is 0.0167. The number of nitrogens with zero attached hydrogens (tertiary/aromatic N) is 2. The third kappa shape index (κ3) is 5.80. The average molecular weight is 522 g/mol. The Morgan fingerprint density at radius 2 is 1.64 bits per heavy atom. The number of benzene rings is 4. The minimum atomic E-state index is -0.945. The molecule has 0 aliphatic carbocycles. The van der Waals surface area contributed by atoms with Crippen LogP contribution in [0.2, 0.25) is 0 Å². The molecular weight excluding hydrogens is 494 g/mol. The molecule has 39 heavy (non-hydrogen) atoms. The Labute approximate surface area is 225 Å². The maximum atomic E-state index is 12.8. The zero-order chi connectivity index (χ0) is 27.4. The summed E-state index contributed by atoms with van der Waals surface area (Å²) >= 11 is 0. The third-order valence-corrected chi connectivity index (χ3v) is 6.98. The molecule has 1 aliphatic rings. The molecule has 0 saturated heterocycles. The number of aromatic carboxylic acids is 1. The molecule has 0 atom stereocenters. The van der Waals surface area contributed by atoms with Crippen molar-refractivity contribution < 1.29 is 19.6 Å². The van der Waals surface area contributed by atoms with Crippen LogP contribution < -0.4 is 10.2 Å². The number of nitrogens with one attached hydrogen (secondary N) is 1. The van der Waals surface area contributed by atoms with Crippen molar-refractivity contribution in [2.24, 2.45) is 0 Å². The highest BCUT2D eigenvalue weighted by molar-refractivity contribution is 5.95. The molecule has 8 heteroatoms. The van der Waals surface area contributed by atoms with Gasteiger partial charge in [0.2, 0.25) is 0 Å². The second-order valence-corrected chi connectivity index (χ2v) is 9.51. The van der Waals surface area contributed by atoms with E-state index < -0.39 is 10.9 Å². The number of carboxylic acids is 1. The lowest BCUT2D eigenvalue weighted by Crippen LogP contribution is -2.29. The van der Waals surface area contributed by atoms with Gasteiger partial charge in [-0.25, -0.2) is 4.79 Å². The molecule has 0 fully saturated rings. The molecule has 2 N–H and O–H groups in total. The van der Waals surface area contributed by atoms with Gasteiger partial charge in [0.25, 0.3) is 11.6 Å². The van der Waals surface area contributed by atoms with Gasteiger partial charge in [0.1, 0.15) is 0 Å².